The van der Waals surface area contributed by atoms with Crippen LogP contribution in [0.25, 0.3) is 0 Å². The molecule has 1 N–H and O–H groups in total. The fourth-order valence-electron chi connectivity index (χ4n) is 3.75. The molecule has 2 aromatic carbocycles. The molecule has 31 heavy (non-hydrogen) atoms. The van der Waals surface area contributed by atoms with Crippen molar-refractivity contribution >= 4 is 34.8 Å². The number of piperidine rings is 1. The highest BCUT2D eigenvalue weighted by molar-refractivity contribution is 6.30. The lowest BCUT2D eigenvalue weighted by atomic mass is 10.0. The molecule has 2 heterocycles. The average molecular weight is 459 g/mol. The lowest BCUT2D eigenvalue weighted by molar-refractivity contribution is -0.130. The van der Waals surface area contributed by atoms with Crippen molar-refractivity contribution in [2.45, 2.75) is 25.7 Å². The molecule has 2 aromatic rings. The molecule has 0 spiro atoms. The number of amides is 1. The van der Waals surface area contributed by atoms with Crippen LogP contribution in [-0.4, -0.2) is 48.1 Å². The number of likely N-dealkylation sites (tertiary alicyclic amines) is 1. The summed E-state index contributed by atoms with van der Waals surface area (Å²) in [6, 6.07) is 14.8. The van der Waals surface area contributed by atoms with E-state index in [1.807, 2.05) is 35.4 Å². The SMILES string of the molecule is CON1C=C2CN(C(=O)c3ccc(Cl)cc3)CCC2=N[C@@H]1NC(C)c1ccc(Cl)cc1. The maximum absolute atomic E-state index is 12.9. The summed E-state index contributed by atoms with van der Waals surface area (Å²) in [5.74, 6) is -0.0165. The molecule has 1 unspecified atom stereocenters. The fourth-order valence-corrected chi connectivity index (χ4v) is 4.00. The molecule has 8 heteroatoms. The predicted molar refractivity (Wildman–Crippen MR) is 123 cm³/mol. The Labute approximate surface area is 192 Å². The molecule has 0 radical (unpaired) electrons. The third kappa shape index (κ3) is 4.93. The first-order valence-electron chi connectivity index (χ1n) is 10.1. The second-order valence-electron chi connectivity index (χ2n) is 7.57. The zero-order valence-electron chi connectivity index (χ0n) is 17.4. The average Bonchev–Trinajstić information content (AvgIpc) is 2.78. The predicted octanol–water partition coefficient (Wildman–Crippen LogP) is 4.68. The van der Waals surface area contributed by atoms with Crippen molar-refractivity contribution < 1.29 is 9.63 Å². The number of hydroxylamine groups is 2. The number of nitrogens with zero attached hydrogens (tertiary/aromatic N) is 3. The molecule has 0 aliphatic carbocycles. The van der Waals surface area contributed by atoms with E-state index >= 15 is 0 Å². The highest BCUT2D eigenvalue weighted by Crippen LogP contribution is 2.24. The maximum atomic E-state index is 12.9. The Morgan fingerprint density at radius 1 is 1.13 bits per heavy atom. The number of rotatable bonds is 5. The van der Waals surface area contributed by atoms with Crippen LogP contribution in [0.3, 0.4) is 0 Å². The van der Waals surface area contributed by atoms with Gasteiger partial charge in [0.1, 0.15) is 0 Å². The van der Waals surface area contributed by atoms with E-state index in [0.717, 1.165) is 16.8 Å². The van der Waals surface area contributed by atoms with E-state index in [4.69, 9.17) is 33.0 Å². The van der Waals surface area contributed by atoms with Gasteiger partial charge in [0.25, 0.3) is 5.91 Å². The van der Waals surface area contributed by atoms with Gasteiger partial charge in [-0.3, -0.25) is 14.9 Å². The van der Waals surface area contributed by atoms with Gasteiger partial charge in [0.2, 0.25) is 0 Å². The minimum atomic E-state index is -0.354. The summed E-state index contributed by atoms with van der Waals surface area (Å²) in [5, 5.41) is 6.49. The molecule has 1 saturated heterocycles. The third-order valence-electron chi connectivity index (χ3n) is 5.51. The van der Waals surface area contributed by atoms with Crippen molar-refractivity contribution in [2.75, 3.05) is 20.2 Å². The Balaban J connectivity index is 1.46. The molecule has 1 fully saturated rings. The third-order valence-corrected chi connectivity index (χ3v) is 6.01. The van der Waals surface area contributed by atoms with Crippen molar-refractivity contribution in [2.24, 2.45) is 4.99 Å². The summed E-state index contributed by atoms with van der Waals surface area (Å²) in [5.41, 5.74) is 3.71. The van der Waals surface area contributed by atoms with Gasteiger partial charge < -0.3 is 4.90 Å². The molecule has 1 amide bonds. The number of benzene rings is 2. The van der Waals surface area contributed by atoms with E-state index in [-0.39, 0.29) is 18.2 Å². The number of aliphatic imine (C=N–C) groups is 1. The number of hydrogen-bond acceptors (Lipinski definition) is 5. The first-order chi connectivity index (χ1) is 14.9. The van der Waals surface area contributed by atoms with Crippen LogP contribution in [0.5, 0.6) is 0 Å². The summed E-state index contributed by atoms with van der Waals surface area (Å²) in [4.78, 5) is 25.1. The molecule has 162 valence electrons. The van der Waals surface area contributed by atoms with Crippen molar-refractivity contribution in [3.8, 4) is 0 Å². The normalized spacial score (nSPS) is 19.4. The van der Waals surface area contributed by atoms with Crippen LogP contribution >= 0.6 is 23.2 Å². The molecule has 4 rings (SSSR count). The number of hydrogen-bond donors (Lipinski definition) is 1. The first kappa shape index (κ1) is 21.8. The van der Waals surface area contributed by atoms with Gasteiger partial charge in [0.15, 0.2) is 6.29 Å². The molecular weight excluding hydrogens is 435 g/mol. The summed E-state index contributed by atoms with van der Waals surface area (Å²) in [6.07, 6.45) is 2.26. The quantitative estimate of drug-likeness (QED) is 0.706. The number of nitrogens with one attached hydrogen (secondary N) is 1. The minimum absolute atomic E-state index is 0.0165. The van der Waals surface area contributed by atoms with Crippen LogP contribution in [-0.2, 0) is 4.84 Å². The van der Waals surface area contributed by atoms with E-state index in [9.17, 15) is 4.79 Å². The number of halogens is 2. The van der Waals surface area contributed by atoms with E-state index in [1.54, 1.807) is 36.4 Å². The molecule has 0 saturated carbocycles. The molecule has 2 atom stereocenters. The van der Waals surface area contributed by atoms with Gasteiger partial charge >= 0.3 is 0 Å². The zero-order valence-corrected chi connectivity index (χ0v) is 18.9. The largest absolute Gasteiger partial charge is 0.334 e. The second kappa shape index (κ2) is 9.40. The second-order valence-corrected chi connectivity index (χ2v) is 8.44. The maximum Gasteiger partial charge on any atom is 0.254 e. The molecular formula is C23H24Cl2N4O2. The van der Waals surface area contributed by atoms with Crippen LogP contribution in [0.15, 0.2) is 65.3 Å². The minimum Gasteiger partial charge on any atom is -0.334 e. The Morgan fingerprint density at radius 2 is 1.77 bits per heavy atom. The van der Waals surface area contributed by atoms with Crippen molar-refractivity contribution in [1.82, 2.24) is 15.3 Å². The van der Waals surface area contributed by atoms with Crippen LogP contribution in [0, 0.1) is 0 Å². The fraction of sp³-hybridized carbons (Fsp3) is 0.304. The summed E-state index contributed by atoms with van der Waals surface area (Å²) in [7, 11) is 1.61. The van der Waals surface area contributed by atoms with Crippen molar-refractivity contribution in [3.63, 3.8) is 0 Å². The monoisotopic (exact) mass is 458 g/mol. The lowest BCUT2D eigenvalue weighted by Gasteiger charge is -2.37. The topological polar surface area (TPSA) is 57.2 Å². The number of carbonyl (C=O) groups excluding carboxylic acids is 1. The molecule has 2 aliphatic rings. The van der Waals surface area contributed by atoms with E-state index in [0.29, 0.717) is 35.1 Å². The van der Waals surface area contributed by atoms with E-state index in [1.165, 1.54) is 0 Å². The highest BCUT2D eigenvalue weighted by atomic mass is 35.5. The Bertz CT molecular complexity index is 1010. The van der Waals surface area contributed by atoms with Crippen molar-refractivity contribution in [1.29, 1.82) is 0 Å². The Kier molecular flexibility index (Phi) is 6.62. The number of carbonyl (C=O) groups is 1. The van der Waals surface area contributed by atoms with Crippen molar-refractivity contribution in [3.05, 3.63) is 81.5 Å². The van der Waals surface area contributed by atoms with Crippen LogP contribution in [0.4, 0.5) is 0 Å². The molecule has 0 aromatic heterocycles. The molecule has 2 aliphatic heterocycles. The Hall–Kier alpha value is -2.38. The van der Waals surface area contributed by atoms with Crippen LogP contribution in [0.1, 0.15) is 35.3 Å². The standard InChI is InChI=1S/C23H24Cl2N4O2/c1-15(16-3-7-19(24)8-4-16)26-23-27-21-11-12-28(13-18(21)14-29(23)31-2)22(30)17-5-9-20(25)10-6-17/h3-10,14-15,23,26H,11-13H2,1-2H3/t15?,23-/m0/s1. The lowest BCUT2D eigenvalue weighted by Crippen LogP contribution is -2.48. The van der Waals surface area contributed by atoms with Gasteiger partial charge in [0.05, 0.1) is 7.11 Å². The zero-order chi connectivity index (χ0) is 22.0. The summed E-state index contributed by atoms with van der Waals surface area (Å²) >= 11 is 11.9. The Morgan fingerprint density at radius 3 is 2.42 bits per heavy atom. The van der Waals surface area contributed by atoms with Crippen LogP contribution in [0.2, 0.25) is 10.0 Å². The number of fused-ring (bicyclic) bond motifs is 1. The van der Waals surface area contributed by atoms with E-state index in [2.05, 4.69) is 12.2 Å². The smallest absolute Gasteiger partial charge is 0.254 e. The van der Waals surface area contributed by atoms with Crippen LogP contribution < -0.4 is 5.32 Å². The summed E-state index contributed by atoms with van der Waals surface area (Å²) in [6.45, 7) is 3.17. The molecule has 0 bridgehead atoms. The van der Waals surface area contributed by atoms with Gasteiger partial charge in [0, 0.05) is 58.6 Å². The van der Waals surface area contributed by atoms with Gasteiger partial charge in [-0.1, -0.05) is 35.3 Å². The molecule has 6 nitrogen and oxygen atoms in total. The van der Waals surface area contributed by atoms with Gasteiger partial charge in [-0.05, 0) is 48.9 Å². The van der Waals surface area contributed by atoms with Gasteiger partial charge in [-0.15, -0.1) is 0 Å². The highest BCUT2D eigenvalue weighted by Gasteiger charge is 2.31. The van der Waals surface area contributed by atoms with Gasteiger partial charge in [-0.25, -0.2) is 10.1 Å². The van der Waals surface area contributed by atoms with E-state index < -0.39 is 0 Å². The van der Waals surface area contributed by atoms with Gasteiger partial charge in [-0.2, -0.15) is 0 Å². The first-order valence-corrected chi connectivity index (χ1v) is 10.9. The summed E-state index contributed by atoms with van der Waals surface area (Å²) < 4.78 is 0.